The number of rotatable bonds is 10. The first-order valence-corrected chi connectivity index (χ1v) is 32.1. The van der Waals surface area contributed by atoms with Crippen LogP contribution in [0, 0.1) is 0 Å². The number of para-hydroxylation sites is 5. The molecule has 4 heterocycles. The Kier molecular flexibility index (Phi) is 12.7. The SMILES string of the molecule is c1ccc(-c2ccc(N(c3cc4c5c(c3)N(c3ccccc3-c3ccccc3)c3cc6c(cc3B5c3ccccc3N4c3ccccc3-c3ccccc3)B3c4ccccc4Oc4cc(-c5ccccc5)cc(c43)S6)c3ccccc3-c3ccccc3)cc2)cc1. The molecule has 0 aromatic heterocycles. The number of nitrogens with zero attached hydrogens (tertiary/aromatic N) is 3. The first kappa shape index (κ1) is 52.8. The Morgan fingerprint density at radius 3 is 1.34 bits per heavy atom. The summed E-state index contributed by atoms with van der Waals surface area (Å²) in [4.78, 5) is 10.2. The third-order valence-corrected chi connectivity index (χ3v) is 19.9. The summed E-state index contributed by atoms with van der Waals surface area (Å²) >= 11 is 1.87. The summed E-state index contributed by atoms with van der Waals surface area (Å²) in [6, 6.07) is 123. The molecule has 4 aliphatic rings. The van der Waals surface area contributed by atoms with Crippen molar-refractivity contribution in [3.05, 3.63) is 334 Å². The minimum atomic E-state index is -0.188. The number of fused-ring (bicyclic) bond motifs is 8. The van der Waals surface area contributed by atoms with E-state index in [9.17, 15) is 0 Å². The normalized spacial score (nSPS) is 12.8. The largest absolute Gasteiger partial charge is 0.458 e. The van der Waals surface area contributed by atoms with Crippen molar-refractivity contribution >= 4 is 109 Å². The smallest absolute Gasteiger partial charge is 0.253 e. The van der Waals surface area contributed by atoms with Crippen LogP contribution in [-0.2, 0) is 0 Å². The van der Waals surface area contributed by atoms with Gasteiger partial charge in [0.15, 0.2) is 0 Å². The lowest BCUT2D eigenvalue weighted by molar-refractivity contribution is 0.486. The van der Waals surface area contributed by atoms with Crippen LogP contribution in [0.15, 0.2) is 343 Å². The molecule has 0 radical (unpaired) electrons. The third-order valence-electron chi connectivity index (χ3n) is 18.8. The van der Waals surface area contributed by atoms with Crippen molar-refractivity contribution < 1.29 is 4.74 Å². The Bertz CT molecular complexity index is 5150. The van der Waals surface area contributed by atoms with Crippen LogP contribution in [0.2, 0.25) is 0 Å². The molecular weight excluding hydrogens is 1120 g/mol. The van der Waals surface area contributed by atoms with Gasteiger partial charge in [0.2, 0.25) is 0 Å². The number of benzene rings is 14. The van der Waals surface area contributed by atoms with E-state index in [0.29, 0.717) is 0 Å². The summed E-state index contributed by atoms with van der Waals surface area (Å²) < 4.78 is 7.02. The molecular formula is C84H55B2N3OS. The molecule has 0 atom stereocenters. The van der Waals surface area contributed by atoms with E-state index in [-0.39, 0.29) is 13.4 Å². The van der Waals surface area contributed by atoms with Crippen LogP contribution in [0.1, 0.15) is 0 Å². The summed E-state index contributed by atoms with van der Waals surface area (Å²) in [5.74, 6) is 1.81. The Morgan fingerprint density at radius 1 is 0.264 bits per heavy atom. The average molecular weight is 1180 g/mol. The second-order valence-electron chi connectivity index (χ2n) is 23.8. The zero-order valence-electron chi connectivity index (χ0n) is 49.6. The fourth-order valence-electron chi connectivity index (χ4n) is 14.8. The van der Waals surface area contributed by atoms with Gasteiger partial charge in [-0.3, -0.25) is 0 Å². The van der Waals surface area contributed by atoms with E-state index >= 15 is 0 Å². The zero-order chi connectivity index (χ0) is 59.9. The monoisotopic (exact) mass is 1180 g/mol. The van der Waals surface area contributed by atoms with Crippen molar-refractivity contribution in [3.8, 4) is 67.1 Å². The van der Waals surface area contributed by atoms with Crippen LogP contribution < -0.4 is 52.2 Å². The van der Waals surface area contributed by atoms with Gasteiger partial charge in [0.25, 0.3) is 13.4 Å². The molecule has 4 nitrogen and oxygen atoms in total. The highest BCUT2D eigenvalue weighted by atomic mass is 32.2. The first-order valence-electron chi connectivity index (χ1n) is 31.3. The predicted octanol–water partition coefficient (Wildman–Crippen LogP) is 18.7. The van der Waals surface area contributed by atoms with E-state index < -0.39 is 0 Å². The molecule has 0 fully saturated rings. The second-order valence-corrected chi connectivity index (χ2v) is 24.9. The quantitative estimate of drug-likeness (QED) is 0.127. The minimum Gasteiger partial charge on any atom is -0.458 e. The number of anilines is 9. The van der Waals surface area contributed by atoms with Gasteiger partial charge in [0, 0.05) is 54.9 Å². The van der Waals surface area contributed by atoms with E-state index in [1.54, 1.807) is 0 Å². The fraction of sp³-hybridized carbons (Fsp3) is 0. The maximum Gasteiger partial charge on any atom is 0.253 e. The number of ether oxygens (including phenoxy) is 1. The first-order chi connectivity index (χ1) is 45.2. The summed E-state index contributed by atoms with van der Waals surface area (Å²) in [6.07, 6.45) is 0. The maximum absolute atomic E-state index is 7.02. The molecule has 0 aliphatic carbocycles. The van der Waals surface area contributed by atoms with E-state index in [1.165, 1.54) is 48.1 Å². The number of hydrogen-bond acceptors (Lipinski definition) is 5. The van der Waals surface area contributed by atoms with Gasteiger partial charge in [0.1, 0.15) is 11.5 Å². The Balaban J connectivity index is 0.960. The molecule has 14 aromatic carbocycles. The van der Waals surface area contributed by atoms with Crippen LogP contribution in [-0.4, -0.2) is 13.4 Å². The van der Waals surface area contributed by atoms with Crippen LogP contribution in [0.5, 0.6) is 11.5 Å². The Labute approximate surface area is 535 Å². The highest BCUT2D eigenvalue weighted by Crippen LogP contribution is 2.53. The van der Waals surface area contributed by atoms with Gasteiger partial charge < -0.3 is 19.4 Å². The highest BCUT2D eigenvalue weighted by Gasteiger charge is 2.47. The van der Waals surface area contributed by atoms with Crippen molar-refractivity contribution in [2.24, 2.45) is 0 Å². The van der Waals surface area contributed by atoms with Crippen molar-refractivity contribution in [1.29, 1.82) is 0 Å². The van der Waals surface area contributed by atoms with Crippen molar-refractivity contribution in [3.63, 3.8) is 0 Å². The van der Waals surface area contributed by atoms with Crippen molar-refractivity contribution in [1.82, 2.24) is 0 Å². The van der Waals surface area contributed by atoms with E-state index in [1.807, 2.05) is 11.8 Å². The van der Waals surface area contributed by atoms with E-state index in [0.717, 1.165) is 113 Å². The van der Waals surface area contributed by atoms with Gasteiger partial charge in [-0.25, -0.2) is 0 Å². The van der Waals surface area contributed by atoms with Gasteiger partial charge >= 0.3 is 0 Å². The van der Waals surface area contributed by atoms with Gasteiger partial charge in [-0.2, -0.15) is 0 Å². The molecule has 0 amide bonds. The molecule has 0 unspecified atom stereocenters. The number of hydrogen-bond donors (Lipinski definition) is 0. The Morgan fingerprint density at radius 2 is 0.725 bits per heavy atom. The molecule has 0 N–H and O–H groups in total. The molecule has 91 heavy (non-hydrogen) atoms. The molecule has 14 aromatic rings. The van der Waals surface area contributed by atoms with Crippen LogP contribution in [0.3, 0.4) is 0 Å². The van der Waals surface area contributed by atoms with Gasteiger partial charge in [0.05, 0.1) is 22.7 Å². The van der Waals surface area contributed by atoms with Gasteiger partial charge in [-0.1, -0.05) is 278 Å². The van der Waals surface area contributed by atoms with Crippen LogP contribution >= 0.6 is 11.8 Å². The average Bonchev–Trinajstić information content (AvgIpc) is 0.695. The van der Waals surface area contributed by atoms with E-state index in [2.05, 4.69) is 348 Å². The highest BCUT2D eigenvalue weighted by molar-refractivity contribution is 8.00. The minimum absolute atomic E-state index is 0.0748. The summed E-state index contributed by atoms with van der Waals surface area (Å²) in [5.41, 5.74) is 28.8. The maximum atomic E-state index is 7.02. The van der Waals surface area contributed by atoms with Crippen LogP contribution in [0.4, 0.5) is 51.2 Å². The van der Waals surface area contributed by atoms with Crippen molar-refractivity contribution in [2.45, 2.75) is 9.79 Å². The summed E-state index contributed by atoms with van der Waals surface area (Å²) in [7, 11) is 0. The molecule has 424 valence electrons. The zero-order valence-corrected chi connectivity index (χ0v) is 50.4. The molecule has 0 saturated heterocycles. The molecule has 0 bridgehead atoms. The second kappa shape index (κ2) is 21.8. The van der Waals surface area contributed by atoms with E-state index in [4.69, 9.17) is 4.74 Å². The molecule has 0 spiro atoms. The topological polar surface area (TPSA) is 19.0 Å². The lowest BCUT2D eigenvalue weighted by atomic mass is 9.31. The standard InChI is InChI=1S/C84H55B2N3OS/c1-6-26-56(27-7-1)58-46-48-63(49-47-58)87(72-41-21-16-36-65(72)59-30-10-3-11-31-59)64-52-77-83-78(53-64)89(74-43-23-18-38-67(74)61-34-14-5-15-35-61)76-55-81-71(86-69-40-20-25-45-79(69)90-80-50-62(51-82(91-81)84(80)86)57-28-8-2-9-29-57)54-70(76)85(83)68-39-19-24-44-75(68)88(77)73-42-22-17-37-66(73)60-32-12-4-13-33-60/h1-55H. The predicted molar refractivity (Wildman–Crippen MR) is 384 cm³/mol. The van der Waals surface area contributed by atoms with Gasteiger partial charge in [-0.15, -0.1) is 0 Å². The molecule has 4 aliphatic heterocycles. The summed E-state index contributed by atoms with van der Waals surface area (Å²) in [6.45, 7) is -0.262. The third kappa shape index (κ3) is 8.79. The Hall–Kier alpha value is -11.2. The summed E-state index contributed by atoms with van der Waals surface area (Å²) in [5, 5.41) is 0. The fourth-order valence-corrected chi connectivity index (χ4v) is 16.0. The molecule has 18 rings (SSSR count). The van der Waals surface area contributed by atoms with Crippen molar-refractivity contribution in [2.75, 3.05) is 14.7 Å². The molecule has 0 saturated carbocycles. The lowest BCUT2D eigenvalue weighted by Gasteiger charge is -2.46. The van der Waals surface area contributed by atoms with Gasteiger partial charge in [-0.05, 0) is 139 Å². The lowest BCUT2D eigenvalue weighted by Crippen LogP contribution is -2.64. The molecule has 7 heteroatoms. The van der Waals surface area contributed by atoms with Crippen LogP contribution in [0.25, 0.3) is 55.6 Å².